The van der Waals surface area contributed by atoms with Crippen molar-refractivity contribution in [1.29, 1.82) is 0 Å². The van der Waals surface area contributed by atoms with Crippen molar-refractivity contribution in [2.45, 2.75) is 32.1 Å². The zero-order valence-electron chi connectivity index (χ0n) is 14.4. The topological polar surface area (TPSA) is 18.5 Å². The van der Waals surface area contributed by atoms with Crippen LogP contribution in [0.5, 0.6) is 5.75 Å². The van der Waals surface area contributed by atoms with Crippen molar-refractivity contribution >= 4 is 27.2 Å². The molecule has 2 aromatic rings. The average molecular weight is 340 g/mol. The summed E-state index contributed by atoms with van der Waals surface area (Å²) in [5.41, 5.74) is 1.64. The number of thiophene rings is 1. The fourth-order valence-corrected chi connectivity index (χ4v) is 6.77. The van der Waals surface area contributed by atoms with E-state index >= 15 is 0 Å². The Balaban J connectivity index is 1.61. The van der Waals surface area contributed by atoms with Crippen LogP contribution in [0.2, 0.25) is 0 Å². The van der Waals surface area contributed by atoms with Gasteiger partial charge in [-0.1, -0.05) is 0 Å². The van der Waals surface area contributed by atoms with Crippen molar-refractivity contribution < 1.29 is 9.47 Å². The minimum Gasteiger partial charge on any atom is -0.497 e. The van der Waals surface area contributed by atoms with Gasteiger partial charge in [0.15, 0.2) is 0 Å². The van der Waals surface area contributed by atoms with Crippen LogP contribution in [-0.2, 0) is 4.74 Å². The number of hydrogen-bond donors (Lipinski definition) is 0. The Morgan fingerprint density at radius 2 is 1.67 bits per heavy atom. The first-order valence-electron chi connectivity index (χ1n) is 9.11. The second-order valence-corrected chi connectivity index (χ2v) is 8.89. The predicted octanol–water partition coefficient (Wildman–Crippen LogP) is 5.72. The third-order valence-electron chi connectivity index (χ3n) is 6.43. The van der Waals surface area contributed by atoms with Crippen LogP contribution in [0.3, 0.4) is 0 Å². The van der Waals surface area contributed by atoms with E-state index in [0.717, 1.165) is 29.4 Å². The van der Waals surface area contributed by atoms with Gasteiger partial charge in [0.2, 0.25) is 0 Å². The molecule has 1 aromatic carbocycles. The lowest BCUT2D eigenvalue weighted by Crippen LogP contribution is -2.40. The van der Waals surface area contributed by atoms with Gasteiger partial charge in [0.1, 0.15) is 11.5 Å². The number of fused-ring (bicyclic) bond motifs is 1. The van der Waals surface area contributed by atoms with Crippen molar-refractivity contribution in [2.24, 2.45) is 23.7 Å². The zero-order chi connectivity index (χ0) is 16.3. The van der Waals surface area contributed by atoms with Gasteiger partial charge in [-0.15, -0.1) is 11.3 Å². The van der Waals surface area contributed by atoms with Crippen LogP contribution in [0.15, 0.2) is 29.8 Å². The van der Waals surface area contributed by atoms with Crippen LogP contribution < -0.4 is 4.74 Å². The third-order valence-corrected chi connectivity index (χ3v) is 7.55. The Hall–Kier alpha value is -1.48. The molecule has 24 heavy (non-hydrogen) atoms. The van der Waals surface area contributed by atoms with Crippen molar-refractivity contribution in [3.05, 3.63) is 34.7 Å². The van der Waals surface area contributed by atoms with E-state index in [1.165, 1.54) is 52.8 Å². The molecule has 0 radical (unpaired) electrons. The zero-order valence-corrected chi connectivity index (χ0v) is 15.2. The van der Waals surface area contributed by atoms with E-state index in [9.17, 15) is 0 Å². The second kappa shape index (κ2) is 5.52. The summed E-state index contributed by atoms with van der Waals surface area (Å²) in [5, 5.41) is 1.26. The molecule has 6 rings (SSSR count). The van der Waals surface area contributed by atoms with Crippen LogP contribution in [0, 0.1) is 23.7 Å². The molecule has 4 bridgehead atoms. The fraction of sp³-hybridized carbons (Fsp3) is 0.524. The maximum Gasteiger partial charge on any atom is 0.135 e. The molecule has 0 N–H and O–H groups in total. The quantitative estimate of drug-likeness (QED) is 0.665. The molecule has 1 heterocycles. The first kappa shape index (κ1) is 14.8. The molecule has 0 amide bonds. The van der Waals surface area contributed by atoms with Crippen molar-refractivity contribution in [1.82, 2.24) is 0 Å². The van der Waals surface area contributed by atoms with E-state index in [0.29, 0.717) is 0 Å². The highest BCUT2D eigenvalue weighted by molar-refractivity contribution is 7.20. The van der Waals surface area contributed by atoms with E-state index < -0.39 is 0 Å². The molecule has 4 saturated carbocycles. The number of allylic oxidation sites excluding steroid dienone is 1. The molecule has 4 aliphatic rings. The highest BCUT2D eigenvalue weighted by Crippen LogP contribution is 2.58. The minimum atomic E-state index is 0.774. The SMILES string of the molecule is COC(=C1C2CC3CC(C2)CC1C3)c1cc2cc(OC)ccc2s1. The normalized spacial score (nSPS) is 30.8. The van der Waals surface area contributed by atoms with Gasteiger partial charge >= 0.3 is 0 Å². The first-order chi connectivity index (χ1) is 11.7. The Kier molecular flexibility index (Phi) is 3.41. The summed E-state index contributed by atoms with van der Waals surface area (Å²) >= 11 is 1.86. The molecule has 0 aliphatic heterocycles. The summed E-state index contributed by atoms with van der Waals surface area (Å²) in [4.78, 5) is 1.29. The molecule has 0 unspecified atom stereocenters. The summed E-state index contributed by atoms with van der Waals surface area (Å²) < 4.78 is 12.7. The van der Waals surface area contributed by atoms with E-state index in [1.807, 2.05) is 24.5 Å². The van der Waals surface area contributed by atoms with Crippen LogP contribution in [-0.4, -0.2) is 14.2 Å². The summed E-state index contributed by atoms with van der Waals surface area (Å²) in [6, 6.07) is 8.63. The third kappa shape index (κ3) is 2.21. The average Bonchev–Trinajstić information content (AvgIpc) is 2.99. The lowest BCUT2D eigenvalue weighted by molar-refractivity contribution is 0.0676. The molecule has 1 aromatic heterocycles. The van der Waals surface area contributed by atoms with Crippen molar-refractivity contribution in [3.8, 4) is 5.75 Å². The molecule has 0 spiro atoms. The molecule has 0 atom stereocenters. The van der Waals surface area contributed by atoms with E-state index in [-0.39, 0.29) is 0 Å². The highest BCUT2D eigenvalue weighted by Gasteiger charge is 2.46. The Bertz CT molecular complexity index is 786. The Morgan fingerprint density at radius 3 is 2.29 bits per heavy atom. The smallest absolute Gasteiger partial charge is 0.135 e. The molecular formula is C21H24O2S. The highest BCUT2D eigenvalue weighted by atomic mass is 32.1. The predicted molar refractivity (Wildman–Crippen MR) is 99.4 cm³/mol. The summed E-state index contributed by atoms with van der Waals surface area (Å²) in [5.74, 6) is 5.63. The standard InChI is InChI=1S/C21H24O2S/c1-22-17-3-4-18-14(10-17)11-19(24-18)21(23-2)20-15-6-12-5-13(8-15)9-16(20)7-12/h3-4,10-13,15-16H,5-9H2,1-2H3. The maximum absolute atomic E-state index is 6.01. The molecule has 2 nitrogen and oxygen atoms in total. The summed E-state index contributed by atoms with van der Waals surface area (Å²) in [6.45, 7) is 0. The van der Waals surface area contributed by atoms with Crippen molar-refractivity contribution in [3.63, 3.8) is 0 Å². The molecule has 4 fully saturated rings. The molecule has 0 saturated heterocycles. The van der Waals surface area contributed by atoms with E-state index in [2.05, 4.69) is 18.2 Å². The maximum atomic E-state index is 6.01. The number of ether oxygens (including phenoxy) is 2. The van der Waals surface area contributed by atoms with Crippen LogP contribution in [0.25, 0.3) is 15.8 Å². The van der Waals surface area contributed by atoms with Crippen LogP contribution >= 0.6 is 11.3 Å². The van der Waals surface area contributed by atoms with Crippen LogP contribution in [0.4, 0.5) is 0 Å². The van der Waals surface area contributed by atoms with Gasteiger partial charge < -0.3 is 9.47 Å². The van der Waals surface area contributed by atoms with Gasteiger partial charge in [0, 0.05) is 4.70 Å². The number of benzene rings is 1. The van der Waals surface area contributed by atoms with Gasteiger partial charge in [-0.05, 0) is 91.0 Å². The molecular weight excluding hydrogens is 316 g/mol. The number of rotatable bonds is 3. The largest absolute Gasteiger partial charge is 0.497 e. The van der Waals surface area contributed by atoms with E-state index in [4.69, 9.17) is 9.47 Å². The second-order valence-electron chi connectivity index (χ2n) is 7.81. The minimum absolute atomic E-state index is 0.774. The lowest BCUT2D eigenvalue weighted by atomic mass is 9.54. The van der Waals surface area contributed by atoms with Gasteiger partial charge in [-0.3, -0.25) is 0 Å². The Morgan fingerprint density at radius 1 is 0.958 bits per heavy atom. The Labute approximate surface area is 147 Å². The van der Waals surface area contributed by atoms with Crippen LogP contribution in [0.1, 0.15) is 37.0 Å². The summed E-state index contributed by atoms with van der Waals surface area (Å²) in [6.07, 6.45) is 7.08. The van der Waals surface area contributed by atoms with Crippen molar-refractivity contribution in [2.75, 3.05) is 14.2 Å². The van der Waals surface area contributed by atoms with Gasteiger partial charge in [0.25, 0.3) is 0 Å². The van der Waals surface area contributed by atoms with Gasteiger partial charge in [-0.25, -0.2) is 0 Å². The van der Waals surface area contributed by atoms with Gasteiger partial charge in [-0.2, -0.15) is 0 Å². The fourth-order valence-electron chi connectivity index (χ4n) is 5.68. The monoisotopic (exact) mass is 340 g/mol. The number of hydrogen-bond acceptors (Lipinski definition) is 3. The first-order valence-corrected chi connectivity index (χ1v) is 9.92. The molecule has 4 aliphatic carbocycles. The number of methoxy groups -OCH3 is 2. The molecule has 126 valence electrons. The lowest BCUT2D eigenvalue weighted by Gasteiger charge is -2.51. The molecule has 3 heteroatoms. The summed E-state index contributed by atoms with van der Waals surface area (Å²) in [7, 11) is 3.59. The van der Waals surface area contributed by atoms with Gasteiger partial charge in [0.05, 0.1) is 19.1 Å². The van der Waals surface area contributed by atoms with E-state index in [1.54, 1.807) is 12.7 Å².